The number of rotatable bonds is 10. The highest BCUT2D eigenvalue weighted by atomic mass is 35.5. The molecule has 0 bridgehead atoms. The number of halogens is 1. The highest BCUT2D eigenvalue weighted by molar-refractivity contribution is 7.15. The SMILES string of the molecule is CCOC(=O)c1c(-c2ccccc2Cl)csc1NC(=O)COC(=O)COc1ccccc1-c1ccccc1. The molecule has 0 atom stereocenters. The van der Waals surface area contributed by atoms with Crippen molar-refractivity contribution in [3.8, 4) is 28.0 Å². The maximum absolute atomic E-state index is 12.7. The number of carbonyl (C=O) groups is 3. The fourth-order valence-electron chi connectivity index (χ4n) is 3.67. The largest absolute Gasteiger partial charge is 0.481 e. The van der Waals surface area contributed by atoms with Crippen molar-refractivity contribution in [3.63, 3.8) is 0 Å². The van der Waals surface area contributed by atoms with Gasteiger partial charge in [0.1, 0.15) is 16.3 Å². The number of esters is 2. The zero-order chi connectivity index (χ0) is 26.9. The topological polar surface area (TPSA) is 90.9 Å². The first kappa shape index (κ1) is 26.9. The van der Waals surface area contributed by atoms with Crippen molar-refractivity contribution in [1.29, 1.82) is 0 Å². The van der Waals surface area contributed by atoms with Gasteiger partial charge in [-0.3, -0.25) is 4.79 Å². The van der Waals surface area contributed by atoms with E-state index in [0.717, 1.165) is 22.5 Å². The fraction of sp³-hybridized carbons (Fsp3) is 0.138. The Morgan fingerprint density at radius 1 is 0.816 bits per heavy atom. The van der Waals surface area contributed by atoms with Crippen LogP contribution in [0.25, 0.3) is 22.3 Å². The zero-order valence-electron chi connectivity index (χ0n) is 20.4. The molecule has 0 saturated carbocycles. The molecule has 4 aromatic rings. The highest BCUT2D eigenvalue weighted by Gasteiger charge is 2.24. The van der Waals surface area contributed by atoms with Crippen LogP contribution in [0, 0.1) is 0 Å². The molecule has 0 spiro atoms. The van der Waals surface area contributed by atoms with Crippen molar-refractivity contribution in [2.45, 2.75) is 6.92 Å². The molecule has 3 aromatic carbocycles. The van der Waals surface area contributed by atoms with Gasteiger partial charge in [0.2, 0.25) is 0 Å². The summed E-state index contributed by atoms with van der Waals surface area (Å²) in [6.07, 6.45) is 0. The third kappa shape index (κ3) is 6.59. The van der Waals surface area contributed by atoms with Gasteiger partial charge >= 0.3 is 11.9 Å². The molecule has 38 heavy (non-hydrogen) atoms. The Kier molecular flexibility index (Phi) is 9.13. The molecule has 0 saturated heterocycles. The second-order valence-corrected chi connectivity index (χ2v) is 9.20. The Bertz CT molecular complexity index is 1440. The molecule has 1 heterocycles. The van der Waals surface area contributed by atoms with Gasteiger partial charge < -0.3 is 19.5 Å². The molecular formula is C29H24ClNO6S. The molecule has 194 valence electrons. The zero-order valence-corrected chi connectivity index (χ0v) is 22.0. The number of benzene rings is 3. The molecule has 0 fully saturated rings. The van der Waals surface area contributed by atoms with E-state index in [2.05, 4.69) is 5.32 Å². The molecule has 1 aromatic heterocycles. The maximum atomic E-state index is 12.7. The van der Waals surface area contributed by atoms with Crippen molar-refractivity contribution in [1.82, 2.24) is 0 Å². The van der Waals surface area contributed by atoms with Crippen LogP contribution in [-0.2, 0) is 19.1 Å². The van der Waals surface area contributed by atoms with Crippen LogP contribution in [0.4, 0.5) is 5.00 Å². The molecule has 0 aliphatic rings. The molecule has 7 nitrogen and oxygen atoms in total. The standard InChI is InChI=1S/C29H24ClNO6S/c1-2-35-29(34)27-22(21-13-6-8-14-23(21)30)18-38-28(27)31-25(32)16-37-26(33)17-36-24-15-9-7-12-20(24)19-10-4-3-5-11-19/h3-15,18H,2,16-17H2,1H3,(H,31,32). The van der Waals surface area contributed by atoms with Crippen LogP contribution >= 0.6 is 22.9 Å². The summed E-state index contributed by atoms with van der Waals surface area (Å²) >= 11 is 7.47. The minimum atomic E-state index is -0.712. The smallest absolute Gasteiger partial charge is 0.344 e. The summed E-state index contributed by atoms with van der Waals surface area (Å²) in [5, 5.41) is 5.08. The Morgan fingerprint density at radius 3 is 2.24 bits per heavy atom. The summed E-state index contributed by atoms with van der Waals surface area (Å²) in [6, 6.07) is 24.0. The number of hydrogen-bond acceptors (Lipinski definition) is 7. The van der Waals surface area contributed by atoms with Crippen LogP contribution in [0.3, 0.4) is 0 Å². The Labute approximate surface area is 228 Å². The number of hydrogen-bond donors (Lipinski definition) is 1. The van der Waals surface area contributed by atoms with E-state index >= 15 is 0 Å². The van der Waals surface area contributed by atoms with Crippen molar-refractivity contribution >= 4 is 45.8 Å². The van der Waals surface area contributed by atoms with Gasteiger partial charge in [-0.2, -0.15) is 0 Å². The van der Waals surface area contributed by atoms with Gasteiger partial charge in [-0.1, -0.05) is 78.3 Å². The molecule has 0 radical (unpaired) electrons. The number of carbonyl (C=O) groups excluding carboxylic acids is 3. The van der Waals surface area contributed by atoms with E-state index in [1.165, 1.54) is 0 Å². The third-order valence-electron chi connectivity index (χ3n) is 5.37. The lowest BCUT2D eigenvalue weighted by molar-refractivity contribution is -0.149. The lowest BCUT2D eigenvalue weighted by atomic mass is 10.0. The third-order valence-corrected chi connectivity index (χ3v) is 6.59. The van der Waals surface area contributed by atoms with Crippen LogP contribution in [-0.4, -0.2) is 37.7 Å². The summed E-state index contributed by atoms with van der Waals surface area (Å²) in [6.45, 7) is 0.928. The van der Waals surface area contributed by atoms with Gasteiger partial charge in [0.15, 0.2) is 13.2 Å². The van der Waals surface area contributed by atoms with Gasteiger partial charge in [0.05, 0.1) is 6.61 Å². The van der Waals surface area contributed by atoms with E-state index in [4.69, 9.17) is 25.8 Å². The second-order valence-electron chi connectivity index (χ2n) is 7.91. The Hall–Kier alpha value is -4.14. The average molecular weight is 550 g/mol. The van der Waals surface area contributed by atoms with E-state index in [9.17, 15) is 14.4 Å². The lowest BCUT2D eigenvalue weighted by Gasteiger charge is -2.12. The fourth-order valence-corrected chi connectivity index (χ4v) is 4.87. The van der Waals surface area contributed by atoms with E-state index in [-0.39, 0.29) is 23.8 Å². The molecule has 0 unspecified atom stereocenters. The number of anilines is 1. The Morgan fingerprint density at radius 2 is 1.50 bits per heavy atom. The molecule has 1 N–H and O–H groups in total. The average Bonchev–Trinajstić information content (AvgIpc) is 3.35. The lowest BCUT2D eigenvalue weighted by Crippen LogP contribution is -2.24. The summed E-state index contributed by atoms with van der Waals surface area (Å²) in [7, 11) is 0. The van der Waals surface area contributed by atoms with Crippen molar-refractivity contribution in [2.24, 2.45) is 0 Å². The van der Waals surface area contributed by atoms with Crippen LogP contribution in [0.5, 0.6) is 5.75 Å². The van der Waals surface area contributed by atoms with Crippen molar-refractivity contribution in [2.75, 3.05) is 25.1 Å². The maximum Gasteiger partial charge on any atom is 0.344 e. The van der Waals surface area contributed by atoms with E-state index in [1.54, 1.807) is 48.7 Å². The van der Waals surface area contributed by atoms with Crippen molar-refractivity contribution in [3.05, 3.63) is 94.8 Å². The van der Waals surface area contributed by atoms with Gasteiger partial charge in [-0.25, -0.2) is 9.59 Å². The minimum Gasteiger partial charge on any atom is -0.481 e. The minimum absolute atomic E-state index is 0.162. The summed E-state index contributed by atoms with van der Waals surface area (Å²) in [5.41, 5.74) is 3.13. The number of thiophene rings is 1. The molecule has 1 amide bonds. The van der Waals surface area contributed by atoms with Crippen LogP contribution in [0.2, 0.25) is 5.02 Å². The monoisotopic (exact) mass is 549 g/mol. The van der Waals surface area contributed by atoms with Gasteiger partial charge in [0.25, 0.3) is 5.91 Å². The normalized spacial score (nSPS) is 10.5. The second kappa shape index (κ2) is 12.9. The molecule has 0 aliphatic heterocycles. The van der Waals surface area contributed by atoms with E-state index in [0.29, 0.717) is 21.9 Å². The predicted molar refractivity (Wildman–Crippen MR) is 148 cm³/mol. The number of para-hydroxylation sites is 1. The number of nitrogens with one attached hydrogen (secondary N) is 1. The van der Waals surface area contributed by atoms with Crippen molar-refractivity contribution < 1.29 is 28.6 Å². The quantitative estimate of drug-likeness (QED) is 0.228. The summed E-state index contributed by atoms with van der Waals surface area (Å²) in [5.74, 6) is -1.40. The first-order valence-corrected chi connectivity index (χ1v) is 13.0. The van der Waals surface area contributed by atoms with E-state index < -0.39 is 24.5 Å². The number of amides is 1. The van der Waals surface area contributed by atoms with E-state index in [1.807, 2.05) is 42.5 Å². The van der Waals surface area contributed by atoms with Crippen LogP contribution in [0.15, 0.2) is 84.2 Å². The summed E-state index contributed by atoms with van der Waals surface area (Å²) < 4.78 is 16.0. The van der Waals surface area contributed by atoms with Gasteiger partial charge in [0, 0.05) is 27.1 Å². The molecule has 4 rings (SSSR count). The van der Waals surface area contributed by atoms with Gasteiger partial charge in [-0.15, -0.1) is 11.3 Å². The molecular weight excluding hydrogens is 526 g/mol. The van der Waals surface area contributed by atoms with Crippen LogP contribution in [0.1, 0.15) is 17.3 Å². The molecule has 9 heteroatoms. The summed E-state index contributed by atoms with van der Waals surface area (Å²) in [4.78, 5) is 37.6. The van der Waals surface area contributed by atoms with Crippen LogP contribution < -0.4 is 10.1 Å². The van der Waals surface area contributed by atoms with Gasteiger partial charge in [-0.05, 0) is 24.6 Å². The Balaban J connectivity index is 1.38. The number of ether oxygens (including phenoxy) is 3. The first-order chi connectivity index (χ1) is 18.5. The molecule has 0 aliphatic carbocycles. The highest BCUT2D eigenvalue weighted by Crippen LogP contribution is 2.39. The predicted octanol–water partition coefficient (Wildman–Crippen LogP) is 6.47. The first-order valence-electron chi connectivity index (χ1n) is 11.7.